The molecule has 0 unspecified atom stereocenters. The Labute approximate surface area is 108 Å². The van der Waals surface area contributed by atoms with Crippen LogP contribution in [0.25, 0.3) is 11.0 Å². The predicted molar refractivity (Wildman–Crippen MR) is 65.5 cm³/mol. The lowest BCUT2D eigenvalue weighted by Crippen LogP contribution is -2.09. The first-order valence-electron chi connectivity index (χ1n) is 4.91. The van der Waals surface area contributed by atoms with Gasteiger partial charge in [-0.3, -0.25) is 0 Å². The molecule has 0 amide bonds. The summed E-state index contributed by atoms with van der Waals surface area (Å²) < 4.78 is 4.83. The van der Waals surface area contributed by atoms with Crippen LogP contribution in [-0.4, -0.2) is 22.5 Å². The van der Waals surface area contributed by atoms with Crippen LogP contribution in [0, 0.1) is 0 Å². The van der Waals surface area contributed by atoms with Crippen molar-refractivity contribution in [2.45, 2.75) is 6.92 Å². The van der Waals surface area contributed by atoms with E-state index in [2.05, 4.69) is 9.97 Å². The van der Waals surface area contributed by atoms with Crippen molar-refractivity contribution in [2.75, 3.05) is 6.61 Å². The number of aromatic nitrogens is 2. The molecule has 0 saturated carbocycles. The molecule has 2 aromatic rings. The molecule has 0 atom stereocenters. The van der Waals surface area contributed by atoms with Gasteiger partial charge in [0.25, 0.3) is 0 Å². The standard InChI is InChI=1S/C11H8Cl2N2O2/c1-2-17-11(16)9-10(13)15-7-4-3-6(12)5-8(7)14-9/h3-5H,2H2,1H3. The molecule has 0 aliphatic carbocycles. The Kier molecular flexibility index (Phi) is 3.45. The molecule has 0 fully saturated rings. The van der Waals surface area contributed by atoms with E-state index in [0.717, 1.165) is 0 Å². The highest BCUT2D eigenvalue weighted by Crippen LogP contribution is 2.20. The van der Waals surface area contributed by atoms with Gasteiger partial charge in [-0.15, -0.1) is 0 Å². The molecule has 0 N–H and O–H groups in total. The second-order valence-corrected chi connectivity index (χ2v) is 4.01. The molecular formula is C11H8Cl2N2O2. The van der Waals surface area contributed by atoms with E-state index in [1.54, 1.807) is 25.1 Å². The zero-order chi connectivity index (χ0) is 12.4. The van der Waals surface area contributed by atoms with Crippen LogP contribution in [-0.2, 0) is 4.74 Å². The zero-order valence-electron chi connectivity index (χ0n) is 8.91. The summed E-state index contributed by atoms with van der Waals surface area (Å²) >= 11 is 11.7. The largest absolute Gasteiger partial charge is 0.461 e. The Hall–Kier alpha value is -1.39. The Morgan fingerprint density at radius 2 is 2.06 bits per heavy atom. The van der Waals surface area contributed by atoms with Crippen LogP contribution in [0.5, 0.6) is 0 Å². The lowest BCUT2D eigenvalue weighted by Gasteiger charge is -2.04. The second-order valence-electron chi connectivity index (χ2n) is 3.22. The molecule has 1 aromatic heterocycles. The third-order valence-electron chi connectivity index (χ3n) is 2.05. The fourth-order valence-electron chi connectivity index (χ4n) is 1.34. The number of benzene rings is 1. The molecule has 2 rings (SSSR count). The first-order chi connectivity index (χ1) is 8.11. The van der Waals surface area contributed by atoms with Gasteiger partial charge in [0.2, 0.25) is 0 Å². The maximum Gasteiger partial charge on any atom is 0.360 e. The highest BCUT2D eigenvalue weighted by atomic mass is 35.5. The minimum Gasteiger partial charge on any atom is -0.461 e. The molecule has 0 aliphatic rings. The summed E-state index contributed by atoms with van der Waals surface area (Å²) in [6.45, 7) is 1.96. The fourth-order valence-corrected chi connectivity index (χ4v) is 1.71. The van der Waals surface area contributed by atoms with Crippen molar-refractivity contribution in [3.8, 4) is 0 Å². The van der Waals surface area contributed by atoms with Gasteiger partial charge in [-0.1, -0.05) is 23.2 Å². The molecule has 4 nitrogen and oxygen atoms in total. The second kappa shape index (κ2) is 4.85. The maximum absolute atomic E-state index is 11.6. The van der Waals surface area contributed by atoms with E-state index in [9.17, 15) is 4.79 Å². The average molecular weight is 271 g/mol. The summed E-state index contributed by atoms with van der Waals surface area (Å²) in [5.41, 5.74) is 1.08. The number of ether oxygens (including phenoxy) is 1. The molecule has 0 radical (unpaired) electrons. The van der Waals surface area contributed by atoms with E-state index in [-0.39, 0.29) is 17.5 Å². The molecule has 1 aromatic carbocycles. The lowest BCUT2D eigenvalue weighted by atomic mass is 10.3. The van der Waals surface area contributed by atoms with Gasteiger partial charge in [0.1, 0.15) is 0 Å². The molecular weight excluding hydrogens is 263 g/mol. The van der Waals surface area contributed by atoms with Crippen LogP contribution < -0.4 is 0 Å². The van der Waals surface area contributed by atoms with Gasteiger partial charge in [-0.05, 0) is 25.1 Å². The van der Waals surface area contributed by atoms with Gasteiger partial charge in [0.05, 0.1) is 17.6 Å². The highest BCUT2D eigenvalue weighted by Gasteiger charge is 2.16. The Morgan fingerprint density at radius 1 is 1.29 bits per heavy atom. The Balaban J connectivity index is 2.57. The van der Waals surface area contributed by atoms with Crippen LogP contribution in [0.1, 0.15) is 17.4 Å². The number of hydrogen-bond acceptors (Lipinski definition) is 4. The Bertz CT molecular complexity index is 587. The van der Waals surface area contributed by atoms with Crippen molar-refractivity contribution in [3.05, 3.63) is 34.1 Å². The molecule has 0 saturated heterocycles. The number of carbonyl (C=O) groups is 1. The molecule has 6 heteroatoms. The summed E-state index contributed by atoms with van der Waals surface area (Å²) in [5, 5.41) is 0.544. The van der Waals surface area contributed by atoms with Crippen LogP contribution >= 0.6 is 23.2 Å². The number of carbonyl (C=O) groups excluding carboxylic acids is 1. The van der Waals surface area contributed by atoms with Crippen molar-refractivity contribution in [2.24, 2.45) is 0 Å². The van der Waals surface area contributed by atoms with Crippen molar-refractivity contribution < 1.29 is 9.53 Å². The number of fused-ring (bicyclic) bond motifs is 1. The third-order valence-corrected chi connectivity index (χ3v) is 2.55. The number of hydrogen-bond donors (Lipinski definition) is 0. The van der Waals surface area contributed by atoms with Crippen molar-refractivity contribution in [3.63, 3.8) is 0 Å². The van der Waals surface area contributed by atoms with Gasteiger partial charge in [-0.2, -0.15) is 0 Å². The minimum absolute atomic E-state index is 0.00304. The van der Waals surface area contributed by atoms with E-state index in [0.29, 0.717) is 16.1 Å². The van der Waals surface area contributed by atoms with Crippen LogP contribution in [0.3, 0.4) is 0 Å². The van der Waals surface area contributed by atoms with Crippen LogP contribution in [0.4, 0.5) is 0 Å². The van der Waals surface area contributed by atoms with Crippen LogP contribution in [0.15, 0.2) is 18.2 Å². The first kappa shape index (κ1) is 12.1. The van der Waals surface area contributed by atoms with Gasteiger partial charge >= 0.3 is 5.97 Å². The van der Waals surface area contributed by atoms with E-state index in [1.165, 1.54) is 0 Å². The topological polar surface area (TPSA) is 52.1 Å². The Morgan fingerprint density at radius 3 is 2.76 bits per heavy atom. The summed E-state index contributed by atoms with van der Waals surface area (Å²) in [4.78, 5) is 19.7. The van der Waals surface area contributed by atoms with Crippen molar-refractivity contribution >= 4 is 40.2 Å². The van der Waals surface area contributed by atoms with E-state index in [4.69, 9.17) is 27.9 Å². The first-order valence-corrected chi connectivity index (χ1v) is 5.67. The van der Waals surface area contributed by atoms with Crippen LogP contribution in [0.2, 0.25) is 10.2 Å². The summed E-state index contributed by atoms with van der Waals surface area (Å²) in [6, 6.07) is 4.98. The van der Waals surface area contributed by atoms with Gasteiger partial charge in [-0.25, -0.2) is 14.8 Å². The molecule has 1 heterocycles. The van der Waals surface area contributed by atoms with Crippen molar-refractivity contribution in [1.29, 1.82) is 0 Å². The number of rotatable bonds is 2. The van der Waals surface area contributed by atoms with E-state index in [1.807, 2.05) is 0 Å². The monoisotopic (exact) mass is 270 g/mol. The van der Waals surface area contributed by atoms with Gasteiger partial charge in [0, 0.05) is 5.02 Å². The number of nitrogens with zero attached hydrogens (tertiary/aromatic N) is 2. The fraction of sp³-hybridized carbons (Fsp3) is 0.182. The molecule has 0 bridgehead atoms. The highest BCUT2D eigenvalue weighted by molar-refractivity contribution is 6.33. The predicted octanol–water partition coefficient (Wildman–Crippen LogP) is 3.11. The van der Waals surface area contributed by atoms with Gasteiger partial charge in [0.15, 0.2) is 10.8 Å². The van der Waals surface area contributed by atoms with Crippen molar-refractivity contribution in [1.82, 2.24) is 9.97 Å². The molecule has 0 spiro atoms. The smallest absolute Gasteiger partial charge is 0.360 e. The number of esters is 1. The molecule has 0 aliphatic heterocycles. The molecule has 88 valence electrons. The normalized spacial score (nSPS) is 10.5. The third kappa shape index (κ3) is 2.48. The summed E-state index contributed by atoms with van der Waals surface area (Å²) in [7, 11) is 0. The SMILES string of the molecule is CCOC(=O)c1nc2cc(Cl)ccc2nc1Cl. The quantitative estimate of drug-likeness (QED) is 0.787. The lowest BCUT2D eigenvalue weighted by molar-refractivity contribution is 0.0519. The van der Waals surface area contributed by atoms with E-state index < -0.39 is 5.97 Å². The van der Waals surface area contributed by atoms with Gasteiger partial charge < -0.3 is 4.74 Å². The number of halogens is 2. The minimum atomic E-state index is -0.591. The summed E-state index contributed by atoms with van der Waals surface area (Å²) in [6.07, 6.45) is 0. The van der Waals surface area contributed by atoms with E-state index >= 15 is 0 Å². The maximum atomic E-state index is 11.6. The molecule has 17 heavy (non-hydrogen) atoms. The average Bonchev–Trinajstić information content (AvgIpc) is 2.29. The zero-order valence-corrected chi connectivity index (χ0v) is 10.4. The summed E-state index contributed by atoms with van der Waals surface area (Å²) in [5.74, 6) is -0.591.